The van der Waals surface area contributed by atoms with E-state index in [4.69, 9.17) is 12.2 Å². The van der Waals surface area contributed by atoms with E-state index >= 15 is 0 Å². The van der Waals surface area contributed by atoms with Crippen LogP contribution in [-0.2, 0) is 12.8 Å². The number of aliphatic imine (C=N–C) groups is 1. The highest BCUT2D eigenvalue weighted by atomic mass is 32.1. The zero-order valence-corrected chi connectivity index (χ0v) is 12.0. The Bertz CT molecular complexity index is 415. The molecule has 1 aromatic rings. The van der Waals surface area contributed by atoms with Gasteiger partial charge in [0.1, 0.15) is 0 Å². The van der Waals surface area contributed by atoms with E-state index in [1.54, 1.807) is 0 Å². The third-order valence-corrected chi connectivity index (χ3v) is 2.75. The zero-order valence-electron chi connectivity index (χ0n) is 11.2. The maximum atomic E-state index is 4.72. The molecular weight excluding hydrogens is 226 g/mol. The third-order valence-electron chi connectivity index (χ3n) is 2.65. The van der Waals surface area contributed by atoms with Gasteiger partial charge in [-0.05, 0) is 54.1 Å². The van der Waals surface area contributed by atoms with Gasteiger partial charge < -0.3 is 0 Å². The molecule has 0 radical (unpaired) electrons. The molecular formula is C15H21NS. The highest BCUT2D eigenvalue weighted by Gasteiger charge is 2.10. The van der Waals surface area contributed by atoms with Crippen molar-refractivity contribution in [1.82, 2.24) is 0 Å². The molecule has 0 aliphatic heterocycles. The summed E-state index contributed by atoms with van der Waals surface area (Å²) in [6.07, 6.45) is 2.15. The Kier molecular flexibility index (Phi) is 5.54. The molecule has 0 heterocycles. The third kappa shape index (κ3) is 4.41. The van der Waals surface area contributed by atoms with Crippen LogP contribution in [0.1, 0.15) is 38.8 Å². The van der Waals surface area contributed by atoms with Gasteiger partial charge in [-0.15, -0.1) is 0 Å². The average Bonchev–Trinajstić information content (AvgIpc) is 2.21. The molecule has 0 bridgehead atoms. The molecule has 0 aliphatic rings. The molecule has 0 spiro atoms. The summed E-state index contributed by atoms with van der Waals surface area (Å²) in [5.41, 5.74) is 3.74. The minimum absolute atomic E-state index is 0.627. The van der Waals surface area contributed by atoms with Gasteiger partial charge >= 0.3 is 0 Å². The van der Waals surface area contributed by atoms with Crippen molar-refractivity contribution in [3.05, 3.63) is 29.3 Å². The molecule has 92 valence electrons. The number of rotatable bonds is 5. The molecule has 0 amide bonds. The van der Waals surface area contributed by atoms with Crippen molar-refractivity contribution in [1.29, 1.82) is 0 Å². The molecule has 0 N–H and O–H groups in total. The number of thiocarbonyl (C=S) groups is 1. The summed E-state index contributed by atoms with van der Waals surface area (Å²) < 4.78 is 0. The Morgan fingerprint density at radius 3 is 2.29 bits per heavy atom. The van der Waals surface area contributed by atoms with E-state index in [1.165, 1.54) is 11.1 Å². The van der Waals surface area contributed by atoms with Crippen LogP contribution in [0.4, 0.5) is 5.69 Å². The van der Waals surface area contributed by atoms with Gasteiger partial charge in [-0.2, -0.15) is 4.99 Å². The second-order valence-corrected chi connectivity index (χ2v) is 5.50. The van der Waals surface area contributed by atoms with Gasteiger partial charge in [-0.1, -0.05) is 39.8 Å². The molecule has 0 unspecified atom stereocenters. The lowest BCUT2D eigenvalue weighted by atomic mass is 9.91. The van der Waals surface area contributed by atoms with Crippen molar-refractivity contribution in [3.8, 4) is 0 Å². The molecule has 0 aliphatic carbocycles. The molecule has 1 rings (SSSR count). The monoisotopic (exact) mass is 247 g/mol. The largest absolute Gasteiger partial charge is 0.194 e. The van der Waals surface area contributed by atoms with Crippen molar-refractivity contribution < 1.29 is 0 Å². The zero-order chi connectivity index (χ0) is 12.8. The van der Waals surface area contributed by atoms with Crippen LogP contribution >= 0.6 is 12.2 Å². The van der Waals surface area contributed by atoms with Gasteiger partial charge in [0.05, 0.1) is 10.8 Å². The summed E-state index contributed by atoms with van der Waals surface area (Å²) in [6, 6.07) is 6.30. The molecule has 0 atom stereocenters. The second-order valence-electron chi connectivity index (χ2n) is 5.31. The van der Waals surface area contributed by atoms with Crippen molar-refractivity contribution in [2.45, 2.75) is 40.5 Å². The Labute approximate surface area is 110 Å². The lowest BCUT2D eigenvalue weighted by molar-refractivity contribution is 0.616. The minimum atomic E-state index is 0.627. The SMILES string of the molecule is CC(C)Cc1cccc(N=C=S)c1CC(C)C. The van der Waals surface area contributed by atoms with Crippen LogP contribution in [0.3, 0.4) is 0 Å². The maximum Gasteiger partial charge on any atom is 0.0774 e. The van der Waals surface area contributed by atoms with Crippen LogP contribution in [0, 0.1) is 11.8 Å². The number of hydrogen-bond acceptors (Lipinski definition) is 2. The van der Waals surface area contributed by atoms with Gasteiger partial charge in [0.25, 0.3) is 0 Å². The molecule has 17 heavy (non-hydrogen) atoms. The fraction of sp³-hybridized carbons (Fsp3) is 0.533. The lowest BCUT2D eigenvalue weighted by Gasteiger charge is -2.15. The van der Waals surface area contributed by atoms with Gasteiger partial charge in [0.2, 0.25) is 0 Å². The standard InChI is InChI=1S/C15H21NS/c1-11(2)8-13-6-5-7-15(16-10-17)14(13)9-12(3)4/h5-7,11-12H,8-9H2,1-4H3. The predicted molar refractivity (Wildman–Crippen MR) is 78.2 cm³/mol. The molecule has 1 nitrogen and oxygen atoms in total. The first-order valence-electron chi connectivity index (χ1n) is 6.23. The summed E-state index contributed by atoms with van der Waals surface area (Å²) >= 11 is 4.72. The van der Waals surface area contributed by atoms with Gasteiger partial charge in [0, 0.05) is 0 Å². The van der Waals surface area contributed by atoms with Gasteiger partial charge in [0.15, 0.2) is 0 Å². The highest BCUT2D eigenvalue weighted by Crippen LogP contribution is 2.27. The maximum absolute atomic E-state index is 4.72. The molecule has 0 fully saturated rings. The molecule has 0 aromatic heterocycles. The van der Waals surface area contributed by atoms with E-state index in [2.05, 4.69) is 50.0 Å². The van der Waals surface area contributed by atoms with E-state index in [9.17, 15) is 0 Å². The van der Waals surface area contributed by atoms with Crippen molar-refractivity contribution in [3.63, 3.8) is 0 Å². The minimum Gasteiger partial charge on any atom is -0.194 e. The summed E-state index contributed by atoms with van der Waals surface area (Å²) in [6.45, 7) is 8.96. The fourth-order valence-electron chi connectivity index (χ4n) is 2.05. The van der Waals surface area contributed by atoms with E-state index < -0.39 is 0 Å². The van der Waals surface area contributed by atoms with E-state index in [0.29, 0.717) is 11.8 Å². The van der Waals surface area contributed by atoms with E-state index in [1.807, 2.05) is 6.07 Å². The molecule has 1 aromatic carbocycles. The smallest absolute Gasteiger partial charge is 0.0774 e. The van der Waals surface area contributed by atoms with Gasteiger partial charge in [-0.3, -0.25) is 0 Å². The topological polar surface area (TPSA) is 12.4 Å². The Morgan fingerprint density at radius 2 is 1.76 bits per heavy atom. The molecule has 0 saturated heterocycles. The Hall–Kier alpha value is -0.980. The van der Waals surface area contributed by atoms with Gasteiger partial charge in [-0.25, -0.2) is 0 Å². The van der Waals surface area contributed by atoms with E-state index in [0.717, 1.165) is 18.5 Å². The summed E-state index contributed by atoms with van der Waals surface area (Å²) in [4.78, 5) is 4.19. The number of benzene rings is 1. The van der Waals surface area contributed by atoms with Crippen LogP contribution in [0.25, 0.3) is 0 Å². The number of isothiocyanates is 1. The Balaban J connectivity index is 3.18. The van der Waals surface area contributed by atoms with Crippen molar-refractivity contribution >= 4 is 23.1 Å². The van der Waals surface area contributed by atoms with Crippen LogP contribution in [0.5, 0.6) is 0 Å². The summed E-state index contributed by atoms with van der Waals surface area (Å²) in [5.74, 6) is 1.29. The average molecular weight is 247 g/mol. The quantitative estimate of drug-likeness (QED) is 0.537. The highest BCUT2D eigenvalue weighted by molar-refractivity contribution is 7.78. The van der Waals surface area contributed by atoms with Crippen LogP contribution in [0.2, 0.25) is 0 Å². The van der Waals surface area contributed by atoms with Crippen molar-refractivity contribution in [2.24, 2.45) is 16.8 Å². The van der Waals surface area contributed by atoms with Crippen molar-refractivity contribution in [2.75, 3.05) is 0 Å². The first-order chi connectivity index (χ1) is 8.04. The van der Waals surface area contributed by atoms with Crippen LogP contribution in [0.15, 0.2) is 23.2 Å². The number of nitrogens with zero attached hydrogens (tertiary/aromatic N) is 1. The summed E-state index contributed by atoms with van der Waals surface area (Å²) in [7, 11) is 0. The predicted octanol–water partition coefficient (Wildman–Crippen LogP) is 4.82. The Morgan fingerprint density at radius 1 is 1.12 bits per heavy atom. The fourth-order valence-corrected chi connectivity index (χ4v) is 2.15. The number of hydrogen-bond donors (Lipinski definition) is 0. The normalized spacial score (nSPS) is 10.7. The lowest BCUT2D eigenvalue weighted by Crippen LogP contribution is -2.03. The molecule has 0 saturated carbocycles. The molecule has 2 heteroatoms. The van der Waals surface area contributed by atoms with Crippen LogP contribution in [-0.4, -0.2) is 5.16 Å². The first-order valence-corrected chi connectivity index (χ1v) is 6.64. The second kappa shape index (κ2) is 6.68. The van der Waals surface area contributed by atoms with E-state index in [-0.39, 0.29) is 0 Å². The van der Waals surface area contributed by atoms with Crippen LogP contribution < -0.4 is 0 Å². The summed E-state index contributed by atoms with van der Waals surface area (Å²) in [5, 5.41) is 2.49. The first kappa shape index (κ1) is 14.1.